The molecule has 20 heavy (non-hydrogen) atoms. The fourth-order valence-electron chi connectivity index (χ4n) is 2.42. The third-order valence-corrected chi connectivity index (χ3v) is 3.62. The van der Waals surface area contributed by atoms with Gasteiger partial charge < -0.3 is 15.4 Å². The largest absolute Gasteiger partial charge is 0.469 e. The molecular weight excluding hydrogens is 260 g/mol. The van der Waals surface area contributed by atoms with Crippen LogP contribution in [0.25, 0.3) is 0 Å². The van der Waals surface area contributed by atoms with E-state index in [2.05, 4.69) is 10.2 Å². The Morgan fingerprint density at radius 2 is 2.20 bits per heavy atom. The first-order valence-corrected chi connectivity index (χ1v) is 6.66. The quantitative estimate of drug-likeness (QED) is 0.796. The summed E-state index contributed by atoms with van der Waals surface area (Å²) < 4.78 is 4.70. The minimum atomic E-state index is -0.279. The predicted octanol–water partition coefficient (Wildman–Crippen LogP) is 0.750. The van der Waals surface area contributed by atoms with E-state index in [-0.39, 0.29) is 29.4 Å². The molecule has 1 saturated heterocycles. The molecule has 1 amide bonds. The molecule has 1 aliphatic rings. The van der Waals surface area contributed by atoms with Crippen LogP contribution in [0.1, 0.15) is 42.4 Å². The third kappa shape index (κ3) is 2.48. The summed E-state index contributed by atoms with van der Waals surface area (Å²) in [6.45, 7) is 4.82. The fourth-order valence-corrected chi connectivity index (χ4v) is 2.42. The summed E-state index contributed by atoms with van der Waals surface area (Å²) in [6.07, 6.45) is 0.611. The number of H-pyrrole nitrogens is 1. The number of carbonyl (C=O) groups is 2. The summed E-state index contributed by atoms with van der Waals surface area (Å²) >= 11 is 0. The lowest BCUT2D eigenvalue weighted by atomic mass is 10.1. The molecule has 7 heteroatoms. The summed E-state index contributed by atoms with van der Waals surface area (Å²) in [5.41, 5.74) is 7.35. The van der Waals surface area contributed by atoms with E-state index in [1.54, 1.807) is 4.90 Å². The minimum Gasteiger partial charge on any atom is -0.469 e. The molecule has 1 fully saturated rings. The smallest absolute Gasteiger partial charge is 0.310 e. The number of amides is 1. The molecule has 0 radical (unpaired) electrons. The molecular formula is C13H20N4O3. The van der Waals surface area contributed by atoms with E-state index in [1.165, 1.54) is 7.11 Å². The summed E-state index contributed by atoms with van der Waals surface area (Å²) in [6, 6.07) is 0. The summed E-state index contributed by atoms with van der Waals surface area (Å²) in [4.78, 5) is 25.4. The van der Waals surface area contributed by atoms with Gasteiger partial charge in [0.1, 0.15) is 0 Å². The Morgan fingerprint density at radius 3 is 2.75 bits per heavy atom. The lowest BCUT2D eigenvalue weighted by Crippen LogP contribution is -2.31. The van der Waals surface area contributed by atoms with Crippen molar-refractivity contribution in [3.63, 3.8) is 0 Å². The number of likely N-dealkylation sites (tertiary alicyclic amines) is 1. The average molecular weight is 280 g/mol. The monoisotopic (exact) mass is 280 g/mol. The highest BCUT2D eigenvalue weighted by Gasteiger charge is 2.34. The number of hydrogen-bond donors (Lipinski definition) is 2. The number of aromatic amines is 1. The Bertz CT molecular complexity index is 524. The van der Waals surface area contributed by atoms with Crippen LogP contribution in [0.15, 0.2) is 0 Å². The van der Waals surface area contributed by atoms with Gasteiger partial charge >= 0.3 is 5.97 Å². The van der Waals surface area contributed by atoms with Crippen molar-refractivity contribution in [3.8, 4) is 0 Å². The Kier molecular flexibility index (Phi) is 3.96. The molecule has 110 valence electrons. The van der Waals surface area contributed by atoms with Crippen LogP contribution < -0.4 is 5.73 Å². The molecule has 7 nitrogen and oxygen atoms in total. The number of carbonyl (C=O) groups excluding carboxylic acids is 2. The molecule has 2 rings (SSSR count). The summed E-state index contributed by atoms with van der Waals surface area (Å²) in [7, 11) is 1.35. The number of anilines is 1. The average Bonchev–Trinajstić information content (AvgIpc) is 3.03. The van der Waals surface area contributed by atoms with E-state index in [4.69, 9.17) is 10.5 Å². The second kappa shape index (κ2) is 5.52. The maximum absolute atomic E-state index is 12.4. The van der Waals surface area contributed by atoms with Crippen molar-refractivity contribution in [2.24, 2.45) is 5.92 Å². The number of nitrogen functional groups attached to an aromatic ring is 1. The topological polar surface area (TPSA) is 101 Å². The van der Waals surface area contributed by atoms with E-state index >= 15 is 0 Å². The van der Waals surface area contributed by atoms with Crippen LogP contribution in [-0.2, 0) is 9.53 Å². The molecule has 1 aromatic rings. The highest BCUT2D eigenvalue weighted by atomic mass is 16.5. The molecule has 3 N–H and O–H groups in total. The van der Waals surface area contributed by atoms with Gasteiger partial charge in [-0.15, -0.1) is 0 Å². The highest BCUT2D eigenvalue weighted by Crippen LogP contribution is 2.25. The van der Waals surface area contributed by atoms with Crippen molar-refractivity contribution >= 4 is 17.6 Å². The van der Waals surface area contributed by atoms with Gasteiger partial charge in [0.05, 0.1) is 24.4 Å². The molecule has 1 aliphatic heterocycles. The first-order valence-electron chi connectivity index (χ1n) is 6.66. The lowest BCUT2D eigenvalue weighted by molar-refractivity contribution is -0.144. The van der Waals surface area contributed by atoms with Gasteiger partial charge in [0, 0.05) is 13.1 Å². The van der Waals surface area contributed by atoms with Gasteiger partial charge in [0.15, 0.2) is 5.69 Å². The van der Waals surface area contributed by atoms with Crippen LogP contribution in [0.2, 0.25) is 0 Å². The van der Waals surface area contributed by atoms with E-state index in [9.17, 15) is 9.59 Å². The van der Waals surface area contributed by atoms with Gasteiger partial charge in [-0.05, 0) is 12.3 Å². The summed E-state index contributed by atoms with van der Waals surface area (Å²) in [5.74, 6) is -0.602. The molecule has 1 atom stereocenters. The number of methoxy groups -OCH3 is 1. The number of hydrogen-bond acceptors (Lipinski definition) is 5. The molecule has 1 unspecified atom stereocenters. The highest BCUT2D eigenvalue weighted by molar-refractivity contribution is 5.98. The second-order valence-corrected chi connectivity index (χ2v) is 5.31. The SMILES string of the molecule is COC(=O)C1CCN(C(=O)c2n[nH]c(C(C)C)c2N)C1. The van der Waals surface area contributed by atoms with Crippen LogP contribution in [0.3, 0.4) is 0 Å². The molecule has 0 saturated carbocycles. The van der Waals surface area contributed by atoms with Gasteiger partial charge in [0.2, 0.25) is 0 Å². The van der Waals surface area contributed by atoms with Crippen molar-refractivity contribution in [1.29, 1.82) is 0 Å². The number of nitrogens with zero attached hydrogens (tertiary/aromatic N) is 2. The molecule has 2 heterocycles. The van der Waals surface area contributed by atoms with Crippen LogP contribution in [0.4, 0.5) is 5.69 Å². The first-order chi connectivity index (χ1) is 9.45. The lowest BCUT2D eigenvalue weighted by Gasteiger charge is -2.15. The Hall–Kier alpha value is -2.05. The minimum absolute atomic E-state index is 0.172. The van der Waals surface area contributed by atoms with Crippen molar-refractivity contribution in [1.82, 2.24) is 15.1 Å². The molecule has 0 aromatic carbocycles. The third-order valence-electron chi connectivity index (χ3n) is 3.62. The van der Waals surface area contributed by atoms with E-state index in [0.29, 0.717) is 25.2 Å². The number of nitrogens with two attached hydrogens (primary N) is 1. The summed E-state index contributed by atoms with van der Waals surface area (Å²) in [5, 5.41) is 6.82. The van der Waals surface area contributed by atoms with Gasteiger partial charge in [-0.1, -0.05) is 13.8 Å². The normalized spacial score (nSPS) is 18.6. The molecule has 0 aliphatic carbocycles. The zero-order chi connectivity index (χ0) is 14.9. The number of rotatable bonds is 3. The standard InChI is InChI=1S/C13H20N4O3/c1-7(2)10-9(14)11(16-15-10)12(18)17-5-4-8(6-17)13(19)20-3/h7-8H,4-6,14H2,1-3H3,(H,15,16). The zero-order valence-corrected chi connectivity index (χ0v) is 12.0. The first kappa shape index (κ1) is 14.4. The van der Waals surface area contributed by atoms with Crippen molar-refractivity contribution in [3.05, 3.63) is 11.4 Å². The second-order valence-electron chi connectivity index (χ2n) is 5.31. The number of ether oxygens (including phenoxy) is 1. The zero-order valence-electron chi connectivity index (χ0n) is 12.0. The van der Waals surface area contributed by atoms with Crippen LogP contribution >= 0.6 is 0 Å². The Morgan fingerprint density at radius 1 is 1.50 bits per heavy atom. The molecule has 0 spiro atoms. The van der Waals surface area contributed by atoms with Gasteiger partial charge in [-0.2, -0.15) is 5.10 Å². The van der Waals surface area contributed by atoms with Gasteiger partial charge in [0.25, 0.3) is 5.91 Å². The van der Waals surface area contributed by atoms with Crippen LogP contribution in [0, 0.1) is 5.92 Å². The van der Waals surface area contributed by atoms with E-state index in [0.717, 1.165) is 5.69 Å². The van der Waals surface area contributed by atoms with Gasteiger partial charge in [-0.25, -0.2) is 0 Å². The maximum atomic E-state index is 12.4. The van der Waals surface area contributed by atoms with Crippen LogP contribution in [-0.4, -0.2) is 47.2 Å². The van der Waals surface area contributed by atoms with Crippen molar-refractivity contribution < 1.29 is 14.3 Å². The fraction of sp³-hybridized carbons (Fsp3) is 0.615. The van der Waals surface area contributed by atoms with E-state index in [1.807, 2.05) is 13.8 Å². The van der Waals surface area contributed by atoms with Crippen molar-refractivity contribution in [2.75, 3.05) is 25.9 Å². The van der Waals surface area contributed by atoms with E-state index < -0.39 is 0 Å². The number of nitrogens with one attached hydrogen (secondary N) is 1. The Balaban J connectivity index is 2.11. The van der Waals surface area contributed by atoms with Gasteiger partial charge in [-0.3, -0.25) is 14.7 Å². The molecule has 0 bridgehead atoms. The maximum Gasteiger partial charge on any atom is 0.310 e. The number of aromatic nitrogens is 2. The Labute approximate surface area is 117 Å². The predicted molar refractivity (Wildman–Crippen MR) is 73.1 cm³/mol. The van der Waals surface area contributed by atoms with Crippen molar-refractivity contribution in [2.45, 2.75) is 26.2 Å². The molecule has 1 aromatic heterocycles. The number of esters is 1. The van der Waals surface area contributed by atoms with Crippen LogP contribution in [0.5, 0.6) is 0 Å².